The summed E-state index contributed by atoms with van der Waals surface area (Å²) in [4.78, 5) is 23.8. The molecule has 0 aliphatic rings. The summed E-state index contributed by atoms with van der Waals surface area (Å²) in [5, 5.41) is 14.4. The zero-order chi connectivity index (χ0) is 16.8. The Balaban J connectivity index is 1.95. The molecule has 6 nitrogen and oxygen atoms in total. The average Bonchev–Trinajstić information content (AvgIpc) is 3.03. The van der Waals surface area contributed by atoms with E-state index in [2.05, 4.69) is 15.3 Å². The summed E-state index contributed by atoms with van der Waals surface area (Å²) in [5.41, 5.74) is 1.10. The van der Waals surface area contributed by atoms with E-state index in [1.54, 1.807) is 29.4 Å². The molecule has 124 valence electrons. The number of nitrogens with zero attached hydrogens (tertiary/aromatic N) is 3. The number of thiophene rings is 1. The summed E-state index contributed by atoms with van der Waals surface area (Å²) in [5.74, 6) is 0.363. The van der Waals surface area contributed by atoms with Crippen molar-refractivity contribution in [1.82, 2.24) is 15.3 Å². The molecule has 0 aliphatic heterocycles. The first-order chi connectivity index (χ1) is 11.0. The van der Waals surface area contributed by atoms with E-state index < -0.39 is 0 Å². The molecule has 0 spiro atoms. The summed E-state index contributed by atoms with van der Waals surface area (Å²) < 4.78 is 0. The van der Waals surface area contributed by atoms with Crippen molar-refractivity contribution in [2.75, 3.05) is 32.1 Å². The highest BCUT2D eigenvalue weighted by Crippen LogP contribution is 2.14. The first-order valence-corrected chi connectivity index (χ1v) is 8.31. The number of carbonyl (C=O) groups is 1. The number of aryl methyl sites for hydroxylation is 1. The highest BCUT2D eigenvalue weighted by atomic mass is 32.1. The molecule has 0 saturated carbocycles. The standard InChI is InChI=1S/C16H22N4O2S/c1-11-14(9-18-16(19-11)20(2)3)15(22)17-8-12(10-21)7-13-5-4-6-23-13/h4-6,9,12,21H,7-8,10H2,1-3H3,(H,17,22)/t12-/m0/s1. The summed E-state index contributed by atoms with van der Waals surface area (Å²) in [6.07, 6.45) is 2.30. The van der Waals surface area contributed by atoms with Crippen molar-refractivity contribution in [3.63, 3.8) is 0 Å². The second-order valence-corrected chi connectivity index (χ2v) is 6.64. The Morgan fingerprint density at radius 1 is 1.48 bits per heavy atom. The minimum Gasteiger partial charge on any atom is -0.396 e. The fraction of sp³-hybridized carbons (Fsp3) is 0.438. The minimum absolute atomic E-state index is 0.000118. The number of nitrogens with one attached hydrogen (secondary N) is 1. The van der Waals surface area contributed by atoms with Gasteiger partial charge < -0.3 is 15.3 Å². The van der Waals surface area contributed by atoms with Crippen LogP contribution in [0.2, 0.25) is 0 Å². The predicted molar refractivity (Wildman–Crippen MR) is 92.0 cm³/mol. The molecular formula is C16H22N4O2S. The van der Waals surface area contributed by atoms with Crippen LogP contribution in [0.25, 0.3) is 0 Å². The third-order valence-corrected chi connectivity index (χ3v) is 4.39. The molecule has 2 rings (SSSR count). The normalized spacial score (nSPS) is 12.0. The quantitative estimate of drug-likeness (QED) is 0.802. The number of aliphatic hydroxyl groups is 1. The molecule has 2 N–H and O–H groups in total. The molecule has 0 bridgehead atoms. The molecule has 1 atom stereocenters. The van der Waals surface area contributed by atoms with Gasteiger partial charge in [0.05, 0.1) is 11.3 Å². The molecule has 0 fully saturated rings. The van der Waals surface area contributed by atoms with Crippen molar-refractivity contribution >= 4 is 23.2 Å². The van der Waals surface area contributed by atoms with Crippen molar-refractivity contribution in [3.05, 3.63) is 39.8 Å². The van der Waals surface area contributed by atoms with Crippen LogP contribution >= 0.6 is 11.3 Å². The largest absolute Gasteiger partial charge is 0.396 e. The van der Waals surface area contributed by atoms with Crippen LogP contribution in [0.3, 0.4) is 0 Å². The second kappa shape index (κ2) is 8.03. The van der Waals surface area contributed by atoms with Crippen LogP contribution < -0.4 is 10.2 Å². The fourth-order valence-electron chi connectivity index (χ4n) is 2.14. The van der Waals surface area contributed by atoms with Gasteiger partial charge in [-0.3, -0.25) is 4.79 Å². The van der Waals surface area contributed by atoms with Gasteiger partial charge in [-0.15, -0.1) is 11.3 Å². The van der Waals surface area contributed by atoms with Crippen LogP contribution in [0.1, 0.15) is 20.9 Å². The monoisotopic (exact) mass is 334 g/mol. The zero-order valence-electron chi connectivity index (χ0n) is 13.6. The van der Waals surface area contributed by atoms with Gasteiger partial charge in [-0.25, -0.2) is 9.97 Å². The Morgan fingerprint density at radius 3 is 2.83 bits per heavy atom. The SMILES string of the molecule is Cc1nc(N(C)C)ncc1C(=O)NC[C@@H](CO)Cc1cccs1. The Kier molecular flexibility index (Phi) is 6.06. The molecule has 1 amide bonds. The average molecular weight is 334 g/mol. The number of carbonyl (C=O) groups excluding carboxylic acids is 1. The molecule has 2 heterocycles. The van der Waals surface area contributed by atoms with E-state index in [9.17, 15) is 9.90 Å². The Labute approximate surface area is 140 Å². The third-order valence-electron chi connectivity index (χ3n) is 3.49. The van der Waals surface area contributed by atoms with E-state index in [1.165, 1.54) is 4.88 Å². The highest BCUT2D eigenvalue weighted by molar-refractivity contribution is 7.09. The van der Waals surface area contributed by atoms with Gasteiger partial charge in [0, 0.05) is 44.2 Å². The number of aromatic nitrogens is 2. The van der Waals surface area contributed by atoms with Crippen LogP contribution in [0.4, 0.5) is 5.95 Å². The number of amides is 1. The molecule has 23 heavy (non-hydrogen) atoms. The number of anilines is 1. The van der Waals surface area contributed by atoms with Crippen molar-refractivity contribution < 1.29 is 9.90 Å². The van der Waals surface area contributed by atoms with Crippen LogP contribution in [0.15, 0.2) is 23.7 Å². The Hall–Kier alpha value is -1.99. The maximum atomic E-state index is 12.3. The first kappa shape index (κ1) is 17.4. The van der Waals surface area contributed by atoms with E-state index in [4.69, 9.17) is 0 Å². The number of rotatable bonds is 7. The molecule has 0 aliphatic carbocycles. The number of hydrogen-bond donors (Lipinski definition) is 2. The van der Waals surface area contributed by atoms with Crippen molar-refractivity contribution in [2.45, 2.75) is 13.3 Å². The van der Waals surface area contributed by atoms with E-state index in [0.29, 0.717) is 23.8 Å². The summed E-state index contributed by atoms with van der Waals surface area (Å²) in [6.45, 7) is 2.24. The van der Waals surface area contributed by atoms with Gasteiger partial charge in [0.2, 0.25) is 5.95 Å². The summed E-state index contributed by atoms with van der Waals surface area (Å²) >= 11 is 1.66. The van der Waals surface area contributed by atoms with Gasteiger partial charge in [0.1, 0.15) is 0 Å². The van der Waals surface area contributed by atoms with Gasteiger partial charge in [0.15, 0.2) is 0 Å². The van der Waals surface area contributed by atoms with Crippen LogP contribution in [-0.2, 0) is 6.42 Å². The topological polar surface area (TPSA) is 78.4 Å². The van der Waals surface area contributed by atoms with Crippen LogP contribution in [0.5, 0.6) is 0 Å². The smallest absolute Gasteiger partial charge is 0.254 e. The molecule has 0 radical (unpaired) electrons. The molecule has 0 saturated heterocycles. The number of hydrogen-bond acceptors (Lipinski definition) is 6. The lowest BCUT2D eigenvalue weighted by atomic mass is 10.1. The minimum atomic E-state index is -0.211. The van der Waals surface area contributed by atoms with E-state index in [1.807, 2.05) is 31.6 Å². The zero-order valence-corrected chi connectivity index (χ0v) is 14.4. The second-order valence-electron chi connectivity index (χ2n) is 5.61. The van der Waals surface area contributed by atoms with Gasteiger partial charge in [-0.05, 0) is 24.8 Å². The Morgan fingerprint density at radius 2 is 2.26 bits per heavy atom. The highest BCUT2D eigenvalue weighted by Gasteiger charge is 2.15. The maximum absolute atomic E-state index is 12.3. The number of aliphatic hydroxyl groups excluding tert-OH is 1. The van der Waals surface area contributed by atoms with E-state index in [0.717, 1.165) is 6.42 Å². The van der Waals surface area contributed by atoms with Crippen LogP contribution in [-0.4, -0.2) is 48.2 Å². The molecule has 2 aromatic rings. The fourth-order valence-corrected chi connectivity index (χ4v) is 2.96. The van der Waals surface area contributed by atoms with Gasteiger partial charge in [0.25, 0.3) is 5.91 Å². The molecule has 0 aromatic carbocycles. The van der Waals surface area contributed by atoms with E-state index in [-0.39, 0.29) is 18.4 Å². The van der Waals surface area contributed by atoms with Gasteiger partial charge >= 0.3 is 0 Å². The first-order valence-electron chi connectivity index (χ1n) is 7.43. The Bertz CT molecular complexity index is 644. The van der Waals surface area contributed by atoms with Crippen molar-refractivity contribution in [1.29, 1.82) is 0 Å². The van der Waals surface area contributed by atoms with E-state index >= 15 is 0 Å². The predicted octanol–water partition coefficient (Wildman–Crippen LogP) is 1.49. The van der Waals surface area contributed by atoms with Gasteiger partial charge in [-0.1, -0.05) is 6.07 Å². The molecular weight excluding hydrogens is 312 g/mol. The lowest BCUT2D eigenvalue weighted by molar-refractivity contribution is 0.0938. The molecule has 7 heteroatoms. The maximum Gasteiger partial charge on any atom is 0.254 e. The molecule has 0 unspecified atom stereocenters. The van der Waals surface area contributed by atoms with Gasteiger partial charge in [-0.2, -0.15) is 0 Å². The lowest BCUT2D eigenvalue weighted by Gasteiger charge is -2.15. The van der Waals surface area contributed by atoms with Crippen molar-refractivity contribution in [3.8, 4) is 0 Å². The molecule has 2 aromatic heterocycles. The summed E-state index contributed by atoms with van der Waals surface area (Å²) in [6, 6.07) is 4.02. The lowest BCUT2D eigenvalue weighted by Crippen LogP contribution is -2.32. The van der Waals surface area contributed by atoms with Crippen molar-refractivity contribution in [2.24, 2.45) is 5.92 Å². The third kappa shape index (κ3) is 4.74. The van der Waals surface area contributed by atoms with Crippen LogP contribution in [0, 0.1) is 12.8 Å². The summed E-state index contributed by atoms with van der Waals surface area (Å²) in [7, 11) is 3.70.